The van der Waals surface area contributed by atoms with Gasteiger partial charge in [0.1, 0.15) is 0 Å². The lowest BCUT2D eigenvalue weighted by molar-refractivity contribution is -0.116. The normalized spacial score (nSPS) is 12.4. The summed E-state index contributed by atoms with van der Waals surface area (Å²) in [5.41, 5.74) is 8.25. The average Bonchev–Trinajstić information content (AvgIpc) is 2.46. The minimum atomic E-state index is 0.0348. The number of aryl methyl sites for hydroxylation is 1. The first kappa shape index (κ1) is 17.9. The quantitative estimate of drug-likeness (QED) is 0.725. The molecule has 1 atom stereocenters. The van der Waals surface area contributed by atoms with Gasteiger partial charge < -0.3 is 16.0 Å². The van der Waals surface area contributed by atoms with Crippen molar-refractivity contribution in [2.45, 2.75) is 32.7 Å². The van der Waals surface area contributed by atoms with Crippen molar-refractivity contribution in [1.29, 1.82) is 0 Å². The van der Waals surface area contributed by atoms with Crippen molar-refractivity contribution in [1.82, 2.24) is 4.90 Å². The topological polar surface area (TPSA) is 58.4 Å². The molecule has 21 heavy (non-hydrogen) atoms. The third-order valence-electron chi connectivity index (χ3n) is 3.72. The van der Waals surface area contributed by atoms with Crippen LogP contribution in [0.4, 0.5) is 11.4 Å². The standard InChI is InChI=1S/C16H27N3OS/c1-12-5-6-14(17)11-15(12)18-16(20)7-9-19(3)13(2)8-10-21-4/h5-6,11,13H,7-10,17H2,1-4H3,(H,18,20). The summed E-state index contributed by atoms with van der Waals surface area (Å²) in [4.78, 5) is 14.3. The van der Waals surface area contributed by atoms with E-state index in [1.165, 1.54) is 0 Å². The number of rotatable bonds is 8. The van der Waals surface area contributed by atoms with Gasteiger partial charge in [-0.25, -0.2) is 0 Å². The molecule has 0 aliphatic carbocycles. The second-order valence-electron chi connectivity index (χ2n) is 5.48. The summed E-state index contributed by atoms with van der Waals surface area (Å²) >= 11 is 1.86. The third kappa shape index (κ3) is 6.40. The highest BCUT2D eigenvalue weighted by Crippen LogP contribution is 2.18. The number of hydrogen-bond acceptors (Lipinski definition) is 4. The van der Waals surface area contributed by atoms with Crippen LogP contribution in [0.3, 0.4) is 0 Å². The fourth-order valence-corrected chi connectivity index (χ4v) is 2.57. The lowest BCUT2D eigenvalue weighted by Gasteiger charge is -2.24. The van der Waals surface area contributed by atoms with Gasteiger partial charge in [0.25, 0.3) is 0 Å². The van der Waals surface area contributed by atoms with E-state index in [0.717, 1.165) is 30.0 Å². The summed E-state index contributed by atoms with van der Waals surface area (Å²) in [6, 6.07) is 6.06. The van der Waals surface area contributed by atoms with E-state index in [4.69, 9.17) is 5.73 Å². The molecule has 118 valence electrons. The van der Waals surface area contributed by atoms with Crippen LogP contribution in [0.25, 0.3) is 0 Å². The van der Waals surface area contributed by atoms with E-state index in [9.17, 15) is 4.79 Å². The van der Waals surface area contributed by atoms with Crippen molar-refractivity contribution in [3.8, 4) is 0 Å². The van der Waals surface area contributed by atoms with Crippen LogP contribution in [0.5, 0.6) is 0 Å². The Hall–Kier alpha value is -1.20. The number of anilines is 2. The van der Waals surface area contributed by atoms with Crippen LogP contribution in [0.1, 0.15) is 25.3 Å². The number of nitrogens with zero attached hydrogens (tertiary/aromatic N) is 1. The number of nitrogen functional groups attached to an aromatic ring is 1. The highest BCUT2D eigenvalue weighted by atomic mass is 32.2. The Bertz CT molecular complexity index is 465. The number of thioether (sulfide) groups is 1. The van der Waals surface area contributed by atoms with Crippen LogP contribution >= 0.6 is 11.8 Å². The van der Waals surface area contributed by atoms with Gasteiger partial charge in [0.2, 0.25) is 5.91 Å². The molecule has 0 fully saturated rings. The maximum absolute atomic E-state index is 12.0. The van der Waals surface area contributed by atoms with E-state index in [1.54, 1.807) is 6.07 Å². The third-order valence-corrected chi connectivity index (χ3v) is 4.36. The van der Waals surface area contributed by atoms with Crippen LogP contribution in [-0.4, -0.2) is 42.4 Å². The summed E-state index contributed by atoms with van der Waals surface area (Å²) in [6.07, 6.45) is 3.76. The molecule has 0 aliphatic rings. The van der Waals surface area contributed by atoms with Crippen LogP contribution in [0.15, 0.2) is 18.2 Å². The first-order valence-electron chi connectivity index (χ1n) is 7.29. The summed E-state index contributed by atoms with van der Waals surface area (Å²) < 4.78 is 0. The van der Waals surface area contributed by atoms with Gasteiger partial charge in [-0.1, -0.05) is 6.07 Å². The van der Waals surface area contributed by atoms with Gasteiger partial charge in [0.05, 0.1) is 0 Å². The lowest BCUT2D eigenvalue weighted by atomic mass is 10.1. The molecular weight excluding hydrogens is 282 g/mol. The fraction of sp³-hybridized carbons (Fsp3) is 0.562. The summed E-state index contributed by atoms with van der Waals surface area (Å²) in [5.74, 6) is 1.19. The largest absolute Gasteiger partial charge is 0.399 e. The van der Waals surface area contributed by atoms with Crippen molar-refractivity contribution in [2.75, 3.05) is 36.7 Å². The average molecular weight is 309 g/mol. The highest BCUT2D eigenvalue weighted by Gasteiger charge is 2.11. The van der Waals surface area contributed by atoms with Crippen LogP contribution < -0.4 is 11.1 Å². The van der Waals surface area contributed by atoms with Gasteiger partial charge in [-0.05, 0) is 57.0 Å². The second kappa shape index (κ2) is 8.95. The van der Waals surface area contributed by atoms with Crippen LogP contribution in [0.2, 0.25) is 0 Å². The molecule has 1 unspecified atom stereocenters. The minimum absolute atomic E-state index is 0.0348. The van der Waals surface area contributed by atoms with E-state index in [2.05, 4.69) is 30.4 Å². The molecule has 0 saturated carbocycles. The highest BCUT2D eigenvalue weighted by molar-refractivity contribution is 7.98. The molecule has 3 N–H and O–H groups in total. The van der Waals surface area contributed by atoms with Crippen LogP contribution in [-0.2, 0) is 4.79 Å². The molecule has 0 saturated heterocycles. The fourth-order valence-electron chi connectivity index (χ4n) is 1.99. The SMILES string of the molecule is CSCCC(C)N(C)CCC(=O)Nc1cc(N)ccc1C. The summed E-state index contributed by atoms with van der Waals surface area (Å²) in [6.45, 7) is 4.94. The van der Waals surface area contributed by atoms with Gasteiger partial charge in [0, 0.05) is 30.4 Å². The van der Waals surface area contributed by atoms with Crippen molar-refractivity contribution in [3.05, 3.63) is 23.8 Å². The van der Waals surface area contributed by atoms with Crippen molar-refractivity contribution >= 4 is 29.0 Å². The Morgan fingerprint density at radius 2 is 2.19 bits per heavy atom. The van der Waals surface area contributed by atoms with Gasteiger partial charge in [-0.2, -0.15) is 11.8 Å². The molecule has 1 amide bonds. The van der Waals surface area contributed by atoms with E-state index in [-0.39, 0.29) is 5.91 Å². The lowest BCUT2D eigenvalue weighted by Crippen LogP contribution is -2.32. The monoisotopic (exact) mass is 309 g/mol. The molecular formula is C16H27N3OS. The predicted molar refractivity (Wildman–Crippen MR) is 93.9 cm³/mol. The molecule has 0 heterocycles. The molecule has 0 spiro atoms. The smallest absolute Gasteiger partial charge is 0.225 e. The Balaban J connectivity index is 2.42. The molecule has 1 aromatic rings. The zero-order valence-corrected chi connectivity index (χ0v) is 14.3. The number of nitrogens with two attached hydrogens (primary N) is 1. The Labute approximate surface area is 132 Å². The Morgan fingerprint density at radius 1 is 1.48 bits per heavy atom. The van der Waals surface area contributed by atoms with Crippen molar-refractivity contribution in [3.63, 3.8) is 0 Å². The number of nitrogens with one attached hydrogen (secondary N) is 1. The van der Waals surface area contributed by atoms with E-state index in [0.29, 0.717) is 18.2 Å². The van der Waals surface area contributed by atoms with Gasteiger partial charge in [-0.15, -0.1) is 0 Å². The molecule has 5 heteroatoms. The number of carbonyl (C=O) groups is 1. The first-order valence-corrected chi connectivity index (χ1v) is 8.68. The second-order valence-corrected chi connectivity index (χ2v) is 6.47. The number of hydrogen-bond donors (Lipinski definition) is 2. The minimum Gasteiger partial charge on any atom is -0.399 e. The molecule has 1 rings (SSSR count). The zero-order chi connectivity index (χ0) is 15.8. The maximum Gasteiger partial charge on any atom is 0.225 e. The van der Waals surface area contributed by atoms with E-state index < -0.39 is 0 Å². The first-order chi connectivity index (χ1) is 9.93. The van der Waals surface area contributed by atoms with Gasteiger partial charge >= 0.3 is 0 Å². The van der Waals surface area contributed by atoms with Crippen molar-refractivity contribution < 1.29 is 4.79 Å². The summed E-state index contributed by atoms with van der Waals surface area (Å²) in [7, 11) is 2.07. The van der Waals surface area contributed by atoms with Gasteiger partial charge in [-0.3, -0.25) is 4.79 Å². The number of benzene rings is 1. The Kier molecular flexibility index (Phi) is 7.61. The number of carbonyl (C=O) groups excluding carboxylic acids is 1. The summed E-state index contributed by atoms with van der Waals surface area (Å²) in [5, 5.41) is 2.94. The molecule has 0 radical (unpaired) electrons. The van der Waals surface area contributed by atoms with Crippen molar-refractivity contribution in [2.24, 2.45) is 0 Å². The predicted octanol–water partition coefficient (Wildman–Crippen LogP) is 2.98. The number of amides is 1. The zero-order valence-electron chi connectivity index (χ0n) is 13.5. The molecule has 0 aromatic heterocycles. The Morgan fingerprint density at radius 3 is 2.86 bits per heavy atom. The van der Waals surface area contributed by atoms with E-state index in [1.807, 2.05) is 30.8 Å². The molecule has 0 aliphatic heterocycles. The van der Waals surface area contributed by atoms with Crippen LogP contribution in [0, 0.1) is 6.92 Å². The molecule has 4 nitrogen and oxygen atoms in total. The molecule has 0 bridgehead atoms. The molecule has 1 aromatic carbocycles. The van der Waals surface area contributed by atoms with E-state index >= 15 is 0 Å². The maximum atomic E-state index is 12.0. The van der Waals surface area contributed by atoms with Gasteiger partial charge in [0.15, 0.2) is 0 Å².